The molecule has 2 N–H and O–H groups in total. The average Bonchev–Trinajstić information content (AvgIpc) is 2.46. The average molecular weight is 264 g/mol. The van der Waals surface area contributed by atoms with Crippen molar-refractivity contribution < 1.29 is 9.72 Å². The Hall–Kier alpha value is -2.15. The molecule has 0 unspecified atom stereocenters. The van der Waals surface area contributed by atoms with Crippen LogP contribution in [0.15, 0.2) is 18.2 Å². The summed E-state index contributed by atoms with van der Waals surface area (Å²) in [5.74, 6) is -0.324. The van der Waals surface area contributed by atoms with E-state index in [1.165, 1.54) is 13.1 Å². The van der Waals surface area contributed by atoms with E-state index >= 15 is 0 Å². The first kappa shape index (κ1) is 13.3. The molecule has 1 saturated heterocycles. The smallest absolute Gasteiger partial charge is 0.293 e. The van der Waals surface area contributed by atoms with Gasteiger partial charge in [-0.2, -0.15) is 0 Å². The monoisotopic (exact) mass is 264 g/mol. The highest BCUT2D eigenvalue weighted by molar-refractivity contribution is 5.95. The van der Waals surface area contributed by atoms with Gasteiger partial charge in [-0.3, -0.25) is 14.9 Å². The molecule has 0 saturated carbocycles. The normalized spacial score (nSPS) is 15.1. The summed E-state index contributed by atoms with van der Waals surface area (Å²) in [6.45, 7) is 3.04. The summed E-state index contributed by atoms with van der Waals surface area (Å²) in [6.07, 6.45) is 0. The molecule has 2 rings (SSSR count). The summed E-state index contributed by atoms with van der Waals surface area (Å²) in [4.78, 5) is 24.2. The van der Waals surface area contributed by atoms with E-state index in [2.05, 4.69) is 10.6 Å². The predicted octanol–water partition coefficient (Wildman–Crippen LogP) is 0.364. The van der Waals surface area contributed by atoms with Crippen molar-refractivity contribution >= 4 is 17.3 Å². The fourth-order valence-electron chi connectivity index (χ4n) is 2.13. The minimum atomic E-state index is -0.441. The topological polar surface area (TPSA) is 87.5 Å². The van der Waals surface area contributed by atoms with Crippen LogP contribution in [0, 0.1) is 10.1 Å². The van der Waals surface area contributed by atoms with Crippen LogP contribution in [0.4, 0.5) is 11.4 Å². The van der Waals surface area contributed by atoms with Crippen LogP contribution in [0.25, 0.3) is 0 Å². The molecule has 7 heteroatoms. The lowest BCUT2D eigenvalue weighted by atomic mass is 10.1. The van der Waals surface area contributed by atoms with Gasteiger partial charge < -0.3 is 15.5 Å². The van der Waals surface area contributed by atoms with Gasteiger partial charge in [-0.1, -0.05) is 0 Å². The molecule has 102 valence electrons. The van der Waals surface area contributed by atoms with Crippen LogP contribution in [-0.4, -0.2) is 44.1 Å². The van der Waals surface area contributed by atoms with Crippen LogP contribution in [0.3, 0.4) is 0 Å². The lowest BCUT2D eigenvalue weighted by molar-refractivity contribution is -0.384. The Balaban J connectivity index is 2.37. The van der Waals surface area contributed by atoms with Crippen molar-refractivity contribution in [1.29, 1.82) is 0 Å². The van der Waals surface area contributed by atoms with Gasteiger partial charge in [0.1, 0.15) is 5.69 Å². The first-order chi connectivity index (χ1) is 9.13. The van der Waals surface area contributed by atoms with Crippen molar-refractivity contribution in [2.75, 3.05) is 38.1 Å². The van der Waals surface area contributed by atoms with Crippen LogP contribution in [0.1, 0.15) is 10.4 Å². The van der Waals surface area contributed by atoms with E-state index in [0.717, 1.165) is 26.2 Å². The molecule has 0 spiro atoms. The Morgan fingerprint density at radius 1 is 1.42 bits per heavy atom. The van der Waals surface area contributed by atoms with E-state index in [1.807, 2.05) is 4.90 Å². The van der Waals surface area contributed by atoms with E-state index in [4.69, 9.17) is 0 Å². The summed E-state index contributed by atoms with van der Waals surface area (Å²) >= 11 is 0. The number of carbonyl (C=O) groups excluding carboxylic acids is 1. The van der Waals surface area contributed by atoms with Crippen LogP contribution in [0.5, 0.6) is 0 Å². The van der Waals surface area contributed by atoms with E-state index in [-0.39, 0.29) is 11.6 Å². The molecule has 1 aromatic carbocycles. The highest BCUT2D eigenvalue weighted by Gasteiger charge is 2.22. The van der Waals surface area contributed by atoms with Gasteiger partial charge in [0.2, 0.25) is 0 Å². The van der Waals surface area contributed by atoms with Crippen molar-refractivity contribution in [2.45, 2.75) is 0 Å². The Morgan fingerprint density at radius 2 is 2.11 bits per heavy atom. The molecule has 0 bridgehead atoms. The van der Waals surface area contributed by atoms with Crippen molar-refractivity contribution in [3.8, 4) is 0 Å². The van der Waals surface area contributed by atoms with Crippen molar-refractivity contribution in [3.05, 3.63) is 33.9 Å². The molecule has 1 amide bonds. The zero-order valence-corrected chi connectivity index (χ0v) is 10.7. The van der Waals surface area contributed by atoms with Gasteiger partial charge in [0.25, 0.3) is 11.6 Å². The number of nitro groups is 1. The lowest BCUT2D eigenvalue weighted by Crippen LogP contribution is -2.43. The van der Waals surface area contributed by atoms with Crippen LogP contribution >= 0.6 is 0 Å². The maximum absolute atomic E-state index is 11.5. The second kappa shape index (κ2) is 5.66. The first-order valence-electron chi connectivity index (χ1n) is 6.09. The van der Waals surface area contributed by atoms with Crippen LogP contribution < -0.4 is 15.5 Å². The fourth-order valence-corrected chi connectivity index (χ4v) is 2.13. The van der Waals surface area contributed by atoms with E-state index in [1.54, 1.807) is 12.1 Å². The molecule has 0 aromatic heterocycles. The third-order valence-electron chi connectivity index (χ3n) is 3.12. The number of anilines is 1. The maximum Gasteiger partial charge on any atom is 0.293 e. The molecule has 1 heterocycles. The SMILES string of the molecule is CNC(=O)c1ccc(N2CCNCC2)c([N+](=O)[O-])c1. The molecule has 0 radical (unpaired) electrons. The first-order valence-corrected chi connectivity index (χ1v) is 6.09. The number of nitrogens with one attached hydrogen (secondary N) is 2. The Morgan fingerprint density at radius 3 is 2.68 bits per heavy atom. The van der Waals surface area contributed by atoms with Gasteiger partial charge in [0.15, 0.2) is 0 Å². The molecule has 0 atom stereocenters. The standard InChI is InChI=1S/C12H16N4O3/c1-13-12(17)9-2-3-10(11(8-9)16(18)19)15-6-4-14-5-7-15/h2-3,8,14H,4-7H2,1H3,(H,13,17). The van der Waals surface area contributed by atoms with Gasteiger partial charge in [-0.05, 0) is 12.1 Å². The zero-order chi connectivity index (χ0) is 13.8. The van der Waals surface area contributed by atoms with Crippen molar-refractivity contribution in [2.24, 2.45) is 0 Å². The number of hydrogen-bond acceptors (Lipinski definition) is 5. The molecule has 0 aliphatic carbocycles. The minimum Gasteiger partial charge on any atom is -0.363 e. The number of hydrogen-bond donors (Lipinski definition) is 2. The number of rotatable bonds is 3. The van der Waals surface area contributed by atoms with Crippen molar-refractivity contribution in [1.82, 2.24) is 10.6 Å². The third kappa shape index (κ3) is 2.82. The number of amides is 1. The maximum atomic E-state index is 11.5. The minimum absolute atomic E-state index is 0.0250. The summed E-state index contributed by atoms with van der Waals surface area (Å²) in [7, 11) is 1.50. The number of carbonyl (C=O) groups is 1. The molecule has 7 nitrogen and oxygen atoms in total. The summed E-state index contributed by atoms with van der Waals surface area (Å²) < 4.78 is 0. The van der Waals surface area contributed by atoms with Crippen molar-refractivity contribution in [3.63, 3.8) is 0 Å². The summed E-state index contributed by atoms with van der Waals surface area (Å²) in [5, 5.41) is 16.8. The van der Waals surface area contributed by atoms with E-state index < -0.39 is 4.92 Å². The molecular weight excluding hydrogens is 248 g/mol. The molecule has 1 aromatic rings. The van der Waals surface area contributed by atoms with Crippen LogP contribution in [0.2, 0.25) is 0 Å². The lowest BCUT2D eigenvalue weighted by Gasteiger charge is -2.29. The molecule has 1 fully saturated rings. The fraction of sp³-hybridized carbons (Fsp3) is 0.417. The van der Waals surface area contributed by atoms with Gasteiger partial charge in [0.05, 0.1) is 4.92 Å². The largest absolute Gasteiger partial charge is 0.363 e. The molecule has 1 aliphatic rings. The second-order valence-corrected chi connectivity index (χ2v) is 4.28. The number of piperazine rings is 1. The molecular formula is C12H16N4O3. The number of benzene rings is 1. The Kier molecular flexibility index (Phi) is 3.96. The Bertz CT molecular complexity index is 498. The van der Waals surface area contributed by atoms with Gasteiger partial charge in [0, 0.05) is 44.9 Å². The molecule has 1 aliphatic heterocycles. The van der Waals surface area contributed by atoms with Gasteiger partial charge in [-0.25, -0.2) is 0 Å². The van der Waals surface area contributed by atoms with Gasteiger partial charge >= 0.3 is 0 Å². The zero-order valence-electron chi connectivity index (χ0n) is 10.7. The number of nitrogens with zero attached hydrogens (tertiary/aromatic N) is 2. The van der Waals surface area contributed by atoms with E-state index in [0.29, 0.717) is 11.3 Å². The number of nitro benzene ring substituents is 1. The highest BCUT2D eigenvalue weighted by atomic mass is 16.6. The quantitative estimate of drug-likeness (QED) is 0.608. The Labute approximate surface area is 110 Å². The third-order valence-corrected chi connectivity index (χ3v) is 3.12. The van der Waals surface area contributed by atoms with Gasteiger partial charge in [-0.15, -0.1) is 0 Å². The second-order valence-electron chi connectivity index (χ2n) is 4.28. The van der Waals surface area contributed by atoms with Crippen LogP contribution in [-0.2, 0) is 0 Å². The summed E-state index contributed by atoms with van der Waals surface area (Å²) in [5.41, 5.74) is 0.843. The highest BCUT2D eigenvalue weighted by Crippen LogP contribution is 2.29. The van der Waals surface area contributed by atoms with E-state index in [9.17, 15) is 14.9 Å². The predicted molar refractivity (Wildman–Crippen MR) is 71.6 cm³/mol. The summed E-state index contributed by atoms with van der Waals surface area (Å²) in [6, 6.07) is 4.59. The molecule has 19 heavy (non-hydrogen) atoms.